The molecule has 2 nitrogen and oxygen atoms in total. The molecule has 1 aromatic rings. The maximum atomic E-state index is 12.0. The fraction of sp³-hybridized carbons (Fsp3) is 0.545. The lowest BCUT2D eigenvalue weighted by Crippen LogP contribution is -2.45. The Labute approximate surface area is 98.4 Å². The number of nitrogens with two attached hydrogens (primary N) is 1. The molecule has 0 spiro atoms. The van der Waals surface area contributed by atoms with E-state index >= 15 is 0 Å². The highest BCUT2D eigenvalue weighted by Gasteiger charge is 2.42. The van der Waals surface area contributed by atoms with Crippen molar-refractivity contribution in [3.05, 3.63) is 21.3 Å². The largest absolute Gasteiger partial charge is 0.329 e. The maximum absolute atomic E-state index is 12.0. The number of hydrogen-bond donors (Lipinski definition) is 1. The highest BCUT2D eigenvalue weighted by Crippen LogP contribution is 2.41. The molecule has 2 rings (SSSR count). The second-order valence-corrected chi connectivity index (χ2v) is 5.94. The summed E-state index contributed by atoms with van der Waals surface area (Å²) < 4.78 is 0.744. The van der Waals surface area contributed by atoms with Gasteiger partial charge in [0.1, 0.15) is 5.78 Å². The van der Waals surface area contributed by atoms with E-state index in [0.29, 0.717) is 13.0 Å². The van der Waals surface area contributed by atoms with Crippen LogP contribution in [0.4, 0.5) is 0 Å². The summed E-state index contributed by atoms with van der Waals surface area (Å²) in [6.45, 7) is 0.491. The fourth-order valence-electron chi connectivity index (χ4n) is 1.99. The van der Waals surface area contributed by atoms with Crippen LogP contribution in [0.5, 0.6) is 0 Å². The number of thiophene rings is 1. The van der Waals surface area contributed by atoms with Crippen LogP contribution in [-0.2, 0) is 11.2 Å². The van der Waals surface area contributed by atoms with Crippen molar-refractivity contribution in [1.82, 2.24) is 0 Å². The first-order valence-electron chi connectivity index (χ1n) is 5.14. The third kappa shape index (κ3) is 2.10. The predicted octanol–water partition coefficient (Wildman–Crippen LogP) is 2.64. The van der Waals surface area contributed by atoms with Crippen molar-refractivity contribution in [2.75, 3.05) is 6.54 Å². The van der Waals surface area contributed by atoms with Gasteiger partial charge in [0.25, 0.3) is 0 Å². The van der Waals surface area contributed by atoms with Crippen molar-refractivity contribution in [3.8, 4) is 0 Å². The van der Waals surface area contributed by atoms with Crippen LogP contribution in [0.1, 0.15) is 24.1 Å². The van der Waals surface area contributed by atoms with Crippen LogP contribution in [0.15, 0.2) is 12.1 Å². The summed E-state index contributed by atoms with van der Waals surface area (Å²) in [6.07, 6.45) is 3.55. The van der Waals surface area contributed by atoms with Crippen molar-refractivity contribution in [2.45, 2.75) is 25.7 Å². The van der Waals surface area contributed by atoms with Gasteiger partial charge in [-0.3, -0.25) is 4.79 Å². The van der Waals surface area contributed by atoms with E-state index in [1.54, 1.807) is 0 Å². The molecule has 4 heteroatoms. The Morgan fingerprint density at radius 2 is 2.27 bits per heavy atom. The van der Waals surface area contributed by atoms with Crippen LogP contribution in [-0.4, -0.2) is 12.3 Å². The molecule has 1 fully saturated rings. The number of halogens is 1. The van der Waals surface area contributed by atoms with Crippen molar-refractivity contribution >= 4 is 28.7 Å². The number of carbonyl (C=O) groups excluding carboxylic acids is 1. The Balaban J connectivity index is 2.03. The van der Waals surface area contributed by atoms with E-state index in [9.17, 15) is 4.79 Å². The minimum Gasteiger partial charge on any atom is -0.329 e. The van der Waals surface area contributed by atoms with Crippen LogP contribution in [0, 0.1) is 5.41 Å². The molecule has 0 unspecified atom stereocenters. The van der Waals surface area contributed by atoms with Crippen molar-refractivity contribution in [1.29, 1.82) is 0 Å². The summed E-state index contributed by atoms with van der Waals surface area (Å²) in [5.74, 6) is 0.287. The lowest BCUT2D eigenvalue weighted by molar-refractivity contribution is -0.132. The lowest BCUT2D eigenvalue weighted by Gasteiger charge is -2.39. The van der Waals surface area contributed by atoms with E-state index in [1.165, 1.54) is 11.3 Å². The lowest BCUT2D eigenvalue weighted by atomic mass is 9.65. The Bertz CT molecular complexity index is 365. The minimum absolute atomic E-state index is 0.212. The quantitative estimate of drug-likeness (QED) is 0.884. The molecule has 1 aromatic heterocycles. The minimum atomic E-state index is -0.212. The van der Waals surface area contributed by atoms with Gasteiger partial charge >= 0.3 is 0 Å². The molecule has 0 aromatic carbocycles. The zero-order chi connectivity index (χ0) is 10.9. The third-order valence-corrected chi connectivity index (χ3v) is 4.49. The van der Waals surface area contributed by atoms with E-state index in [2.05, 4.69) is 0 Å². The van der Waals surface area contributed by atoms with Gasteiger partial charge in [-0.1, -0.05) is 18.0 Å². The second-order valence-electron chi connectivity index (χ2n) is 4.14. The molecule has 82 valence electrons. The molecular formula is C11H14ClNOS. The average molecular weight is 244 g/mol. The number of ketones is 1. The molecule has 1 aliphatic carbocycles. The van der Waals surface area contributed by atoms with Gasteiger partial charge in [0.15, 0.2) is 0 Å². The molecule has 0 radical (unpaired) electrons. The average Bonchev–Trinajstić information content (AvgIpc) is 2.50. The van der Waals surface area contributed by atoms with Gasteiger partial charge in [-0.05, 0) is 25.0 Å². The maximum Gasteiger partial charge on any atom is 0.145 e. The molecule has 0 amide bonds. The summed E-state index contributed by atoms with van der Waals surface area (Å²) in [7, 11) is 0. The van der Waals surface area contributed by atoms with Crippen LogP contribution >= 0.6 is 22.9 Å². The van der Waals surface area contributed by atoms with Gasteiger partial charge in [-0.15, -0.1) is 11.3 Å². The van der Waals surface area contributed by atoms with Gasteiger partial charge in [-0.25, -0.2) is 0 Å². The van der Waals surface area contributed by atoms with Crippen molar-refractivity contribution in [2.24, 2.45) is 11.1 Å². The van der Waals surface area contributed by atoms with Gasteiger partial charge in [0.2, 0.25) is 0 Å². The molecule has 1 saturated carbocycles. The zero-order valence-corrected chi connectivity index (χ0v) is 10.0. The Morgan fingerprint density at radius 1 is 1.53 bits per heavy atom. The van der Waals surface area contributed by atoms with E-state index in [-0.39, 0.29) is 11.2 Å². The first-order valence-corrected chi connectivity index (χ1v) is 6.33. The summed E-state index contributed by atoms with van der Waals surface area (Å²) in [5, 5.41) is 0. The Morgan fingerprint density at radius 3 is 2.67 bits per heavy atom. The highest BCUT2D eigenvalue weighted by atomic mass is 35.5. The van der Waals surface area contributed by atoms with Crippen molar-refractivity contribution in [3.63, 3.8) is 0 Å². The van der Waals surface area contributed by atoms with Crippen LogP contribution < -0.4 is 5.73 Å². The van der Waals surface area contributed by atoms with Gasteiger partial charge in [-0.2, -0.15) is 0 Å². The normalized spacial score (nSPS) is 18.5. The molecule has 15 heavy (non-hydrogen) atoms. The van der Waals surface area contributed by atoms with Crippen LogP contribution in [0.3, 0.4) is 0 Å². The van der Waals surface area contributed by atoms with E-state index in [0.717, 1.165) is 28.5 Å². The molecule has 0 atom stereocenters. The topological polar surface area (TPSA) is 43.1 Å². The van der Waals surface area contributed by atoms with Gasteiger partial charge in [0.05, 0.1) is 4.34 Å². The summed E-state index contributed by atoms with van der Waals surface area (Å²) in [5.41, 5.74) is 5.47. The molecule has 0 aliphatic heterocycles. The van der Waals surface area contributed by atoms with Crippen LogP contribution in [0.25, 0.3) is 0 Å². The number of rotatable bonds is 4. The first kappa shape index (κ1) is 11.1. The molecule has 0 bridgehead atoms. The predicted molar refractivity (Wildman–Crippen MR) is 63.4 cm³/mol. The molecule has 0 saturated heterocycles. The fourth-order valence-corrected chi connectivity index (χ4v) is 3.08. The van der Waals surface area contributed by atoms with E-state index in [4.69, 9.17) is 17.3 Å². The number of hydrogen-bond acceptors (Lipinski definition) is 3. The van der Waals surface area contributed by atoms with E-state index in [1.807, 2.05) is 12.1 Å². The Kier molecular flexibility index (Phi) is 3.14. The Hall–Kier alpha value is -0.380. The molecule has 2 N–H and O–H groups in total. The van der Waals surface area contributed by atoms with Gasteiger partial charge in [0, 0.05) is 23.3 Å². The monoisotopic (exact) mass is 243 g/mol. The molecule has 1 heterocycles. The number of carbonyl (C=O) groups is 1. The zero-order valence-electron chi connectivity index (χ0n) is 8.46. The van der Waals surface area contributed by atoms with Gasteiger partial charge < -0.3 is 5.73 Å². The SMILES string of the molecule is NCC1(C(=O)Cc2ccc(Cl)s2)CCC1. The third-order valence-electron chi connectivity index (χ3n) is 3.26. The summed E-state index contributed by atoms with van der Waals surface area (Å²) >= 11 is 7.30. The van der Waals surface area contributed by atoms with Crippen LogP contribution in [0.2, 0.25) is 4.34 Å². The molecular weight excluding hydrogens is 230 g/mol. The standard InChI is InChI=1S/C11H14ClNOS/c12-10-3-2-8(15-10)6-9(14)11(7-13)4-1-5-11/h2-3H,1,4-7,13H2. The smallest absolute Gasteiger partial charge is 0.145 e. The summed E-state index contributed by atoms with van der Waals surface area (Å²) in [4.78, 5) is 13.1. The molecule has 1 aliphatic rings. The second kappa shape index (κ2) is 4.24. The van der Waals surface area contributed by atoms with E-state index < -0.39 is 0 Å². The first-order chi connectivity index (χ1) is 7.16. The van der Waals surface area contributed by atoms with Crippen molar-refractivity contribution < 1.29 is 4.79 Å². The number of Topliss-reactive ketones (excluding diaryl/α,β-unsaturated/α-hetero) is 1. The summed E-state index contributed by atoms with van der Waals surface area (Å²) in [6, 6.07) is 3.76. The highest BCUT2D eigenvalue weighted by molar-refractivity contribution is 7.16.